The fraction of sp³-hybridized carbons (Fsp3) is 1.00. The van der Waals surface area contributed by atoms with E-state index < -0.39 is 5.60 Å². The molecule has 2 rings (SSSR count). The average molecular weight is 314 g/mol. The van der Waals surface area contributed by atoms with Gasteiger partial charge in [0.1, 0.15) is 11.2 Å². The van der Waals surface area contributed by atoms with E-state index in [-0.39, 0.29) is 17.8 Å². The lowest BCUT2D eigenvalue weighted by molar-refractivity contribution is -0.297. The van der Waals surface area contributed by atoms with Crippen molar-refractivity contribution in [3.05, 3.63) is 0 Å². The molecule has 0 saturated heterocycles. The summed E-state index contributed by atoms with van der Waals surface area (Å²) in [5.41, 5.74) is -0.776. The molecule has 0 spiro atoms. The zero-order valence-corrected chi connectivity index (χ0v) is 14.9. The van der Waals surface area contributed by atoms with Gasteiger partial charge in [0.15, 0.2) is 0 Å². The van der Waals surface area contributed by atoms with Crippen molar-refractivity contribution in [3.8, 4) is 0 Å². The molecule has 0 aliphatic heterocycles. The van der Waals surface area contributed by atoms with Crippen LogP contribution in [0.2, 0.25) is 0 Å². The Morgan fingerprint density at radius 2 is 1.45 bits per heavy atom. The molecule has 0 bridgehead atoms. The van der Waals surface area contributed by atoms with Crippen LogP contribution in [0.4, 0.5) is 0 Å². The zero-order valence-electron chi connectivity index (χ0n) is 14.9. The summed E-state index contributed by atoms with van der Waals surface area (Å²) >= 11 is 0. The van der Waals surface area contributed by atoms with Gasteiger partial charge in [-0.2, -0.15) is 0 Å². The van der Waals surface area contributed by atoms with Crippen molar-refractivity contribution < 1.29 is 18.9 Å². The Bertz CT molecular complexity index is 329. The van der Waals surface area contributed by atoms with Gasteiger partial charge in [-0.3, -0.25) is 0 Å². The molecule has 2 aliphatic carbocycles. The molecule has 4 unspecified atom stereocenters. The van der Waals surface area contributed by atoms with Crippen molar-refractivity contribution in [3.63, 3.8) is 0 Å². The fourth-order valence-corrected chi connectivity index (χ4v) is 4.87. The van der Waals surface area contributed by atoms with Crippen molar-refractivity contribution in [2.45, 2.75) is 88.6 Å². The van der Waals surface area contributed by atoms with Crippen LogP contribution in [0.3, 0.4) is 0 Å². The minimum absolute atomic E-state index is 0.0823. The lowest BCUT2D eigenvalue weighted by atomic mass is 9.63. The van der Waals surface area contributed by atoms with Gasteiger partial charge in [-0.25, -0.2) is 0 Å². The van der Waals surface area contributed by atoms with Gasteiger partial charge in [0.2, 0.25) is 0 Å². The van der Waals surface area contributed by atoms with Crippen LogP contribution in [-0.2, 0) is 18.9 Å². The molecule has 130 valence electrons. The predicted molar refractivity (Wildman–Crippen MR) is 87.2 cm³/mol. The van der Waals surface area contributed by atoms with E-state index >= 15 is 0 Å². The molecule has 0 aromatic heterocycles. The van der Waals surface area contributed by atoms with Gasteiger partial charge in [-0.05, 0) is 39.5 Å². The second-order valence-corrected chi connectivity index (χ2v) is 6.58. The van der Waals surface area contributed by atoms with Crippen molar-refractivity contribution in [2.75, 3.05) is 27.4 Å². The maximum absolute atomic E-state index is 6.47. The molecule has 2 aliphatic rings. The summed E-state index contributed by atoms with van der Waals surface area (Å²) in [5, 5.41) is 0. The summed E-state index contributed by atoms with van der Waals surface area (Å²) < 4.78 is 24.7. The summed E-state index contributed by atoms with van der Waals surface area (Å²) in [5.74, 6) is 0. The Labute approximate surface area is 135 Å². The normalized spacial score (nSPS) is 39.8. The lowest BCUT2D eigenvalue weighted by Gasteiger charge is -2.58. The molecular formula is C18H34O4. The van der Waals surface area contributed by atoms with Gasteiger partial charge in [-0.15, -0.1) is 0 Å². The van der Waals surface area contributed by atoms with Gasteiger partial charge >= 0.3 is 0 Å². The van der Waals surface area contributed by atoms with Gasteiger partial charge in [0.25, 0.3) is 0 Å². The standard InChI is InChI=1S/C18H34O4/c1-5-21-16-12-8-10-14-18(16,22-6-2)17(20-4)13-9-7-11-15(17)19-3/h15-16H,5-14H2,1-4H3. The van der Waals surface area contributed by atoms with Gasteiger partial charge in [-0.1, -0.05) is 25.7 Å². The van der Waals surface area contributed by atoms with Crippen LogP contribution in [0.1, 0.15) is 65.2 Å². The van der Waals surface area contributed by atoms with Gasteiger partial charge in [0, 0.05) is 27.4 Å². The molecule has 0 heterocycles. The van der Waals surface area contributed by atoms with Crippen LogP contribution in [-0.4, -0.2) is 50.8 Å². The number of hydrogen-bond acceptors (Lipinski definition) is 4. The van der Waals surface area contributed by atoms with E-state index in [1.54, 1.807) is 0 Å². The average Bonchev–Trinajstić information content (AvgIpc) is 2.56. The van der Waals surface area contributed by atoms with Gasteiger partial charge < -0.3 is 18.9 Å². The SMILES string of the molecule is CCOC1CCCCC1(OCC)C1(OC)CCCCC1OC. The van der Waals surface area contributed by atoms with E-state index in [0.717, 1.165) is 32.3 Å². The van der Waals surface area contributed by atoms with E-state index in [0.29, 0.717) is 6.61 Å². The first kappa shape index (κ1) is 18.2. The third-order valence-electron chi connectivity index (χ3n) is 5.70. The highest BCUT2D eigenvalue weighted by atomic mass is 16.6. The molecule has 2 fully saturated rings. The second kappa shape index (κ2) is 8.09. The van der Waals surface area contributed by atoms with Crippen molar-refractivity contribution >= 4 is 0 Å². The number of hydrogen-bond donors (Lipinski definition) is 0. The topological polar surface area (TPSA) is 36.9 Å². The van der Waals surface area contributed by atoms with Crippen molar-refractivity contribution in [2.24, 2.45) is 0 Å². The third-order valence-corrected chi connectivity index (χ3v) is 5.70. The predicted octanol–water partition coefficient (Wildman–Crippen LogP) is 3.72. The molecule has 0 aromatic carbocycles. The number of rotatable bonds is 7. The highest BCUT2D eigenvalue weighted by molar-refractivity contribution is 5.13. The third kappa shape index (κ3) is 2.95. The summed E-state index contributed by atoms with van der Waals surface area (Å²) in [6.07, 6.45) is 9.01. The van der Waals surface area contributed by atoms with Crippen LogP contribution in [0, 0.1) is 0 Å². The Balaban J connectivity index is 2.44. The maximum atomic E-state index is 6.47. The molecule has 4 nitrogen and oxygen atoms in total. The smallest absolute Gasteiger partial charge is 0.125 e. The van der Waals surface area contributed by atoms with Crippen LogP contribution in [0.25, 0.3) is 0 Å². The van der Waals surface area contributed by atoms with E-state index in [1.165, 1.54) is 25.7 Å². The summed E-state index contributed by atoms with van der Waals surface area (Å²) in [7, 11) is 3.64. The van der Waals surface area contributed by atoms with Gasteiger partial charge in [0.05, 0.1) is 12.2 Å². The molecule has 0 radical (unpaired) electrons. The number of ether oxygens (including phenoxy) is 4. The second-order valence-electron chi connectivity index (χ2n) is 6.58. The fourth-order valence-electron chi connectivity index (χ4n) is 4.87. The quantitative estimate of drug-likeness (QED) is 0.718. The Hall–Kier alpha value is -0.160. The molecule has 2 saturated carbocycles. The van der Waals surface area contributed by atoms with Crippen LogP contribution in [0.5, 0.6) is 0 Å². The highest BCUT2D eigenvalue weighted by Gasteiger charge is 2.62. The first-order valence-corrected chi connectivity index (χ1v) is 9.04. The first-order valence-electron chi connectivity index (χ1n) is 9.04. The molecule has 4 atom stereocenters. The minimum atomic E-state index is -0.393. The van der Waals surface area contributed by atoms with E-state index in [9.17, 15) is 0 Å². The zero-order chi connectivity index (χ0) is 16.1. The summed E-state index contributed by atoms with van der Waals surface area (Å²) in [6.45, 7) is 5.55. The highest BCUT2D eigenvalue weighted by Crippen LogP contribution is 2.51. The largest absolute Gasteiger partial charge is 0.378 e. The molecular weight excluding hydrogens is 280 g/mol. The Kier molecular flexibility index (Phi) is 6.69. The molecule has 22 heavy (non-hydrogen) atoms. The monoisotopic (exact) mass is 314 g/mol. The molecule has 0 N–H and O–H groups in total. The summed E-state index contributed by atoms with van der Waals surface area (Å²) in [4.78, 5) is 0. The minimum Gasteiger partial charge on any atom is -0.378 e. The summed E-state index contributed by atoms with van der Waals surface area (Å²) in [6, 6.07) is 0. The number of methoxy groups -OCH3 is 2. The maximum Gasteiger partial charge on any atom is 0.125 e. The molecule has 0 aromatic rings. The van der Waals surface area contributed by atoms with Crippen molar-refractivity contribution in [1.82, 2.24) is 0 Å². The lowest BCUT2D eigenvalue weighted by Crippen LogP contribution is -2.71. The molecule has 0 amide bonds. The first-order chi connectivity index (χ1) is 10.7. The Morgan fingerprint density at radius 3 is 2.00 bits per heavy atom. The molecule has 4 heteroatoms. The van der Waals surface area contributed by atoms with Crippen molar-refractivity contribution in [1.29, 1.82) is 0 Å². The Morgan fingerprint density at radius 1 is 0.818 bits per heavy atom. The van der Waals surface area contributed by atoms with E-state index in [4.69, 9.17) is 18.9 Å². The van der Waals surface area contributed by atoms with E-state index in [2.05, 4.69) is 13.8 Å². The van der Waals surface area contributed by atoms with E-state index in [1.807, 2.05) is 14.2 Å². The van der Waals surface area contributed by atoms with Crippen LogP contribution >= 0.6 is 0 Å². The van der Waals surface area contributed by atoms with Crippen LogP contribution in [0.15, 0.2) is 0 Å². The van der Waals surface area contributed by atoms with Crippen LogP contribution < -0.4 is 0 Å².